The number of nitrogens with one attached hydrogen (secondary N) is 1. The van der Waals surface area contributed by atoms with Gasteiger partial charge >= 0.3 is 0 Å². The summed E-state index contributed by atoms with van der Waals surface area (Å²) in [5, 5.41) is 14.1. The maximum atomic E-state index is 13.6. The van der Waals surface area contributed by atoms with Gasteiger partial charge in [0.25, 0.3) is 5.56 Å². The number of rotatable bonds is 4. The Morgan fingerprint density at radius 1 is 1.06 bits per heavy atom. The highest BCUT2D eigenvalue weighted by Gasteiger charge is 2.34. The molecule has 1 aliphatic heterocycles. The number of aromatic nitrogens is 5. The van der Waals surface area contributed by atoms with Gasteiger partial charge in [-0.3, -0.25) is 9.69 Å². The lowest BCUT2D eigenvalue weighted by molar-refractivity contribution is 0.190. The van der Waals surface area contributed by atoms with Crippen LogP contribution in [0.4, 0.5) is 0 Å². The highest BCUT2D eigenvalue weighted by molar-refractivity contribution is 5.83. The largest absolute Gasteiger partial charge is 0.321 e. The van der Waals surface area contributed by atoms with Crippen molar-refractivity contribution in [2.24, 2.45) is 0 Å². The van der Waals surface area contributed by atoms with Crippen molar-refractivity contribution in [1.82, 2.24) is 30.1 Å². The predicted octanol–water partition coefficient (Wildman–Crippen LogP) is 4.39. The van der Waals surface area contributed by atoms with Crippen LogP contribution < -0.4 is 5.56 Å². The third-order valence-corrected chi connectivity index (χ3v) is 7.58. The number of nitrogens with zero attached hydrogens (tertiary/aromatic N) is 5. The van der Waals surface area contributed by atoms with E-state index in [0.29, 0.717) is 11.6 Å². The molecular formula is C27H30N6O. The van der Waals surface area contributed by atoms with Crippen LogP contribution in [0.2, 0.25) is 0 Å². The molecule has 1 N–H and O–H groups in total. The van der Waals surface area contributed by atoms with Crippen LogP contribution in [0, 0.1) is 13.8 Å². The zero-order chi connectivity index (χ0) is 23.2. The predicted molar refractivity (Wildman–Crippen MR) is 132 cm³/mol. The molecule has 7 nitrogen and oxygen atoms in total. The van der Waals surface area contributed by atoms with Crippen LogP contribution in [0.25, 0.3) is 10.9 Å². The van der Waals surface area contributed by atoms with Crippen molar-refractivity contribution in [3.05, 3.63) is 86.5 Å². The summed E-state index contributed by atoms with van der Waals surface area (Å²) in [4.78, 5) is 19.1. The van der Waals surface area contributed by atoms with Crippen LogP contribution >= 0.6 is 0 Å². The maximum Gasteiger partial charge on any atom is 0.253 e. The molecule has 1 saturated carbocycles. The third kappa shape index (κ3) is 3.64. The highest BCUT2D eigenvalue weighted by atomic mass is 16.1. The first-order chi connectivity index (χ1) is 16.6. The molecule has 1 fully saturated rings. The Balaban J connectivity index is 1.52. The van der Waals surface area contributed by atoms with Gasteiger partial charge in [-0.05, 0) is 77.7 Å². The minimum absolute atomic E-state index is 0.0655. The maximum absolute atomic E-state index is 13.6. The SMILES string of the molecule is Cc1cc(C)c2[nH]c(=O)c([C@H](c3nnnn3C3CCCC3)N3CCc4ccccc4C3)cc2c1. The molecule has 0 radical (unpaired) electrons. The number of aryl methyl sites for hydroxylation is 2. The Bertz CT molecular complexity index is 1410. The number of H-pyrrole nitrogens is 1. The second kappa shape index (κ2) is 8.47. The van der Waals surface area contributed by atoms with Gasteiger partial charge in [-0.25, -0.2) is 4.68 Å². The van der Waals surface area contributed by atoms with Gasteiger partial charge in [0.15, 0.2) is 5.82 Å². The lowest BCUT2D eigenvalue weighted by atomic mass is 9.95. The van der Waals surface area contributed by atoms with E-state index in [0.717, 1.165) is 54.6 Å². The second-order valence-corrected chi connectivity index (χ2v) is 9.91. The zero-order valence-corrected chi connectivity index (χ0v) is 19.8. The standard InChI is InChI=1S/C27H30N6O/c1-17-13-18(2)24-21(14-17)15-23(27(34)28-24)25(26-29-30-31-33(26)22-9-5-6-10-22)32-12-11-19-7-3-4-8-20(19)16-32/h3-4,7-8,13-15,22,25H,5-6,9-12,16H2,1-2H3,(H,28,34)/t25-/m1/s1. The average molecular weight is 455 g/mol. The third-order valence-electron chi connectivity index (χ3n) is 7.58. The zero-order valence-electron chi connectivity index (χ0n) is 19.8. The summed E-state index contributed by atoms with van der Waals surface area (Å²) in [6.45, 7) is 5.76. The summed E-state index contributed by atoms with van der Waals surface area (Å²) in [7, 11) is 0. The smallest absolute Gasteiger partial charge is 0.253 e. The lowest BCUT2D eigenvalue weighted by Crippen LogP contribution is -2.39. The van der Waals surface area contributed by atoms with Crippen LogP contribution in [0.15, 0.2) is 47.3 Å². The Labute approximate surface area is 198 Å². The van der Waals surface area contributed by atoms with Crippen LogP contribution in [0.3, 0.4) is 0 Å². The van der Waals surface area contributed by atoms with E-state index in [9.17, 15) is 4.79 Å². The fourth-order valence-electron chi connectivity index (χ4n) is 5.93. The molecule has 7 heteroatoms. The minimum Gasteiger partial charge on any atom is -0.321 e. The number of aromatic amines is 1. The van der Waals surface area contributed by atoms with E-state index in [2.05, 4.69) is 74.8 Å². The fraction of sp³-hybridized carbons (Fsp3) is 0.407. The molecule has 0 amide bonds. The van der Waals surface area contributed by atoms with E-state index in [1.807, 2.05) is 11.6 Å². The molecule has 0 bridgehead atoms. The van der Waals surface area contributed by atoms with Crippen molar-refractivity contribution >= 4 is 10.9 Å². The van der Waals surface area contributed by atoms with Gasteiger partial charge < -0.3 is 4.98 Å². The molecule has 3 heterocycles. The molecule has 0 saturated heterocycles. The van der Waals surface area contributed by atoms with Gasteiger partial charge in [0.1, 0.15) is 6.04 Å². The molecular weight excluding hydrogens is 424 g/mol. The van der Waals surface area contributed by atoms with Gasteiger partial charge in [0.2, 0.25) is 0 Å². The quantitative estimate of drug-likeness (QED) is 0.495. The number of hydrogen-bond donors (Lipinski definition) is 1. The van der Waals surface area contributed by atoms with Crippen LogP contribution in [-0.2, 0) is 13.0 Å². The monoisotopic (exact) mass is 454 g/mol. The molecule has 1 atom stereocenters. The van der Waals surface area contributed by atoms with Crippen LogP contribution in [-0.4, -0.2) is 36.6 Å². The Morgan fingerprint density at radius 3 is 2.68 bits per heavy atom. The van der Waals surface area contributed by atoms with E-state index >= 15 is 0 Å². The molecule has 0 unspecified atom stereocenters. The average Bonchev–Trinajstić information content (AvgIpc) is 3.52. The molecule has 34 heavy (non-hydrogen) atoms. The van der Waals surface area contributed by atoms with Gasteiger partial charge in [0, 0.05) is 18.7 Å². The molecule has 174 valence electrons. The van der Waals surface area contributed by atoms with Gasteiger partial charge in [-0.2, -0.15) is 0 Å². The molecule has 1 aliphatic carbocycles. The summed E-state index contributed by atoms with van der Waals surface area (Å²) in [5.41, 5.74) is 6.50. The minimum atomic E-state index is -0.307. The summed E-state index contributed by atoms with van der Waals surface area (Å²) in [6, 6.07) is 14.9. The molecule has 4 aromatic rings. The lowest BCUT2D eigenvalue weighted by Gasteiger charge is -2.35. The first-order valence-electron chi connectivity index (χ1n) is 12.3. The van der Waals surface area contributed by atoms with Crippen molar-refractivity contribution < 1.29 is 0 Å². The van der Waals surface area contributed by atoms with Crippen molar-refractivity contribution in [1.29, 1.82) is 0 Å². The van der Waals surface area contributed by atoms with Gasteiger partial charge in [0.05, 0.1) is 11.6 Å². The topological polar surface area (TPSA) is 79.7 Å². The van der Waals surface area contributed by atoms with E-state index in [1.165, 1.54) is 29.5 Å². The summed E-state index contributed by atoms with van der Waals surface area (Å²) >= 11 is 0. The van der Waals surface area contributed by atoms with E-state index in [-0.39, 0.29) is 11.6 Å². The summed E-state index contributed by atoms with van der Waals surface area (Å²) < 4.78 is 2.00. The van der Waals surface area contributed by atoms with Crippen molar-refractivity contribution in [3.63, 3.8) is 0 Å². The second-order valence-electron chi connectivity index (χ2n) is 9.91. The molecule has 2 aliphatic rings. The Hall–Kier alpha value is -3.32. The first kappa shape index (κ1) is 21.2. The number of benzene rings is 2. The van der Waals surface area contributed by atoms with Crippen LogP contribution in [0.1, 0.15) is 71.4 Å². The van der Waals surface area contributed by atoms with Crippen molar-refractivity contribution in [3.8, 4) is 0 Å². The van der Waals surface area contributed by atoms with E-state index < -0.39 is 0 Å². The normalized spacial score (nSPS) is 17.8. The van der Waals surface area contributed by atoms with Gasteiger partial charge in [-0.1, -0.05) is 48.7 Å². The molecule has 2 aromatic carbocycles. The number of tetrazole rings is 1. The first-order valence-corrected chi connectivity index (χ1v) is 12.3. The summed E-state index contributed by atoms with van der Waals surface area (Å²) in [6.07, 6.45) is 5.50. The number of fused-ring (bicyclic) bond motifs is 2. The molecule has 0 spiro atoms. The Kier molecular flexibility index (Phi) is 5.29. The van der Waals surface area contributed by atoms with Crippen molar-refractivity contribution in [2.45, 2.75) is 64.6 Å². The van der Waals surface area contributed by atoms with E-state index in [1.54, 1.807) is 0 Å². The summed E-state index contributed by atoms with van der Waals surface area (Å²) in [5.74, 6) is 0.778. The molecule has 6 rings (SSSR count). The van der Waals surface area contributed by atoms with Crippen LogP contribution in [0.5, 0.6) is 0 Å². The van der Waals surface area contributed by atoms with Gasteiger partial charge in [-0.15, -0.1) is 5.10 Å². The fourth-order valence-corrected chi connectivity index (χ4v) is 5.93. The molecule has 2 aromatic heterocycles. The Morgan fingerprint density at radius 2 is 1.85 bits per heavy atom. The number of pyridine rings is 1. The van der Waals surface area contributed by atoms with Crippen molar-refractivity contribution in [2.75, 3.05) is 6.54 Å². The highest BCUT2D eigenvalue weighted by Crippen LogP contribution is 2.36. The number of hydrogen-bond acceptors (Lipinski definition) is 5. The van der Waals surface area contributed by atoms with E-state index in [4.69, 9.17) is 0 Å².